The van der Waals surface area contributed by atoms with Crippen LogP contribution in [0.25, 0.3) is 10.2 Å². The Morgan fingerprint density at radius 2 is 2.33 bits per heavy atom. The van der Waals surface area contributed by atoms with E-state index in [-0.39, 0.29) is 12.2 Å². The number of hydrogen-bond acceptors (Lipinski definition) is 5. The van der Waals surface area contributed by atoms with E-state index >= 15 is 0 Å². The molecule has 1 N–H and O–H groups in total. The summed E-state index contributed by atoms with van der Waals surface area (Å²) in [5.74, 6) is -0.136. The van der Waals surface area contributed by atoms with Crippen molar-refractivity contribution in [3.8, 4) is 0 Å². The molecule has 0 bridgehead atoms. The summed E-state index contributed by atoms with van der Waals surface area (Å²) < 4.78 is 6.54. The molecule has 2 aromatic rings. The van der Waals surface area contributed by atoms with Crippen LogP contribution in [-0.4, -0.2) is 23.8 Å². The molecule has 0 unspecified atom stereocenters. The average molecular weight is 306 g/mol. The van der Waals surface area contributed by atoms with Crippen molar-refractivity contribution in [3.05, 3.63) is 29.3 Å². The van der Waals surface area contributed by atoms with E-state index in [0.717, 1.165) is 34.5 Å². The number of hydroxylamine groups is 1. The van der Waals surface area contributed by atoms with Crippen molar-refractivity contribution in [2.24, 2.45) is 0 Å². The molecule has 1 saturated heterocycles. The Bertz CT molecular complexity index is 575. The van der Waals surface area contributed by atoms with Crippen LogP contribution in [0, 0.1) is 0 Å². The van der Waals surface area contributed by atoms with Crippen molar-refractivity contribution in [3.63, 3.8) is 0 Å². The zero-order chi connectivity index (χ0) is 14.5. The predicted octanol–water partition coefficient (Wildman–Crippen LogP) is 2.80. The monoisotopic (exact) mass is 306 g/mol. The van der Waals surface area contributed by atoms with Gasteiger partial charge in [-0.2, -0.15) is 0 Å². The fraction of sp³-hybridized carbons (Fsp3) is 0.467. The summed E-state index contributed by atoms with van der Waals surface area (Å²) in [6.45, 7) is 0.701. The van der Waals surface area contributed by atoms with Gasteiger partial charge in [0.1, 0.15) is 0 Å². The quantitative estimate of drug-likeness (QED) is 0.863. The average Bonchev–Trinajstić information content (AvgIpc) is 2.95. The van der Waals surface area contributed by atoms with Crippen molar-refractivity contribution < 1.29 is 14.4 Å². The Hall–Kier alpha value is -1.50. The molecule has 1 aromatic carbocycles. The molecule has 0 radical (unpaired) electrons. The van der Waals surface area contributed by atoms with Crippen LogP contribution in [-0.2, 0) is 20.8 Å². The summed E-state index contributed by atoms with van der Waals surface area (Å²) in [4.78, 5) is 21.5. The molecule has 0 aliphatic carbocycles. The first-order valence-electron chi connectivity index (χ1n) is 7.22. The van der Waals surface area contributed by atoms with Crippen LogP contribution >= 0.6 is 11.3 Å². The first kappa shape index (κ1) is 14.4. The number of aryl methyl sites for hydroxylation is 1. The number of benzene rings is 1. The number of carbonyl (C=O) groups excluding carboxylic acids is 1. The van der Waals surface area contributed by atoms with Crippen LogP contribution in [0.3, 0.4) is 0 Å². The van der Waals surface area contributed by atoms with Gasteiger partial charge in [0.25, 0.3) is 0 Å². The standard InChI is InChI=1S/C15H18N2O3S/c18-13(17-20-15-7-3-4-10-19-15)8-9-14-16-11-5-1-2-6-12(11)21-14/h1-2,5-6,15H,3-4,7-10H2,(H,17,18)/t15-/m0/s1. The van der Waals surface area contributed by atoms with Gasteiger partial charge in [-0.25, -0.2) is 15.3 Å². The third-order valence-corrected chi connectivity index (χ3v) is 4.44. The molecule has 2 heterocycles. The summed E-state index contributed by atoms with van der Waals surface area (Å²) in [7, 11) is 0. The highest BCUT2D eigenvalue weighted by Gasteiger charge is 2.15. The third-order valence-electron chi connectivity index (χ3n) is 3.35. The maximum Gasteiger partial charge on any atom is 0.244 e. The van der Waals surface area contributed by atoms with Gasteiger partial charge in [-0.05, 0) is 25.0 Å². The maximum absolute atomic E-state index is 11.8. The number of rotatable bonds is 5. The van der Waals surface area contributed by atoms with Crippen molar-refractivity contribution in [2.75, 3.05) is 6.61 Å². The van der Waals surface area contributed by atoms with Crippen LogP contribution in [0.1, 0.15) is 30.7 Å². The summed E-state index contributed by atoms with van der Waals surface area (Å²) in [6.07, 6.45) is 3.66. The Labute approximate surface area is 127 Å². The van der Waals surface area contributed by atoms with Gasteiger partial charge in [-0.15, -0.1) is 11.3 Å². The van der Waals surface area contributed by atoms with Crippen LogP contribution in [0.15, 0.2) is 24.3 Å². The molecule has 0 spiro atoms. The normalized spacial score (nSPS) is 18.8. The second-order valence-corrected chi connectivity index (χ2v) is 6.13. The van der Waals surface area contributed by atoms with E-state index in [9.17, 15) is 4.79 Å². The topological polar surface area (TPSA) is 60.5 Å². The van der Waals surface area contributed by atoms with Crippen LogP contribution in [0.5, 0.6) is 0 Å². The number of nitrogens with zero attached hydrogens (tertiary/aromatic N) is 1. The highest BCUT2D eigenvalue weighted by molar-refractivity contribution is 7.18. The minimum absolute atomic E-state index is 0.136. The fourth-order valence-corrected chi connectivity index (χ4v) is 3.20. The molecule has 21 heavy (non-hydrogen) atoms. The van der Waals surface area contributed by atoms with Gasteiger partial charge in [0.05, 0.1) is 15.2 Å². The number of para-hydroxylation sites is 1. The van der Waals surface area contributed by atoms with E-state index < -0.39 is 0 Å². The Morgan fingerprint density at radius 1 is 1.43 bits per heavy atom. The number of carbonyl (C=O) groups is 1. The zero-order valence-electron chi connectivity index (χ0n) is 11.7. The number of hydrogen-bond donors (Lipinski definition) is 1. The lowest BCUT2D eigenvalue weighted by atomic mass is 10.2. The van der Waals surface area contributed by atoms with Crippen LogP contribution < -0.4 is 5.48 Å². The van der Waals surface area contributed by atoms with Gasteiger partial charge < -0.3 is 4.74 Å². The number of thiazole rings is 1. The third kappa shape index (κ3) is 4.00. The molecule has 1 aromatic heterocycles. The largest absolute Gasteiger partial charge is 0.350 e. The van der Waals surface area contributed by atoms with E-state index in [4.69, 9.17) is 9.57 Å². The van der Waals surface area contributed by atoms with Gasteiger partial charge in [0.2, 0.25) is 5.91 Å². The number of amides is 1. The Kier molecular flexibility index (Phi) is 4.80. The highest BCUT2D eigenvalue weighted by Crippen LogP contribution is 2.22. The number of ether oxygens (including phenoxy) is 1. The molecule has 1 aliphatic heterocycles. The fourth-order valence-electron chi connectivity index (χ4n) is 2.23. The molecule has 1 atom stereocenters. The molecule has 0 saturated carbocycles. The summed E-state index contributed by atoms with van der Waals surface area (Å²) in [5, 5.41) is 0.972. The second kappa shape index (κ2) is 6.98. The number of fused-ring (bicyclic) bond motifs is 1. The molecule has 112 valence electrons. The number of aromatic nitrogens is 1. The molecule has 1 amide bonds. The molecule has 6 heteroatoms. The lowest BCUT2D eigenvalue weighted by Gasteiger charge is -2.22. The van der Waals surface area contributed by atoms with Crippen molar-refractivity contribution in [1.29, 1.82) is 0 Å². The number of nitrogens with one attached hydrogen (secondary N) is 1. The van der Waals surface area contributed by atoms with Gasteiger partial charge >= 0.3 is 0 Å². The van der Waals surface area contributed by atoms with Gasteiger partial charge in [-0.3, -0.25) is 4.79 Å². The minimum Gasteiger partial charge on any atom is -0.350 e. The van der Waals surface area contributed by atoms with Gasteiger partial charge in [0, 0.05) is 25.9 Å². The minimum atomic E-state index is -0.301. The lowest BCUT2D eigenvalue weighted by molar-refractivity contribution is -0.200. The highest BCUT2D eigenvalue weighted by atomic mass is 32.1. The van der Waals surface area contributed by atoms with E-state index in [0.29, 0.717) is 19.4 Å². The van der Waals surface area contributed by atoms with Crippen LogP contribution in [0.4, 0.5) is 0 Å². The van der Waals surface area contributed by atoms with E-state index in [1.165, 1.54) is 0 Å². The molecule has 5 nitrogen and oxygen atoms in total. The summed E-state index contributed by atoms with van der Waals surface area (Å²) in [5.41, 5.74) is 3.46. The molecular weight excluding hydrogens is 288 g/mol. The van der Waals surface area contributed by atoms with E-state index in [1.807, 2.05) is 24.3 Å². The summed E-state index contributed by atoms with van der Waals surface area (Å²) in [6, 6.07) is 7.99. The first-order chi connectivity index (χ1) is 10.3. The molecule has 3 rings (SSSR count). The summed E-state index contributed by atoms with van der Waals surface area (Å²) >= 11 is 1.63. The van der Waals surface area contributed by atoms with E-state index in [1.54, 1.807) is 11.3 Å². The van der Waals surface area contributed by atoms with Crippen molar-refractivity contribution in [1.82, 2.24) is 10.5 Å². The predicted molar refractivity (Wildman–Crippen MR) is 80.8 cm³/mol. The lowest BCUT2D eigenvalue weighted by Crippen LogP contribution is -2.33. The van der Waals surface area contributed by atoms with Crippen molar-refractivity contribution >= 4 is 27.5 Å². The van der Waals surface area contributed by atoms with Crippen LogP contribution in [0.2, 0.25) is 0 Å². The molecule has 1 fully saturated rings. The van der Waals surface area contributed by atoms with Gasteiger partial charge in [-0.1, -0.05) is 12.1 Å². The SMILES string of the molecule is O=C(CCc1nc2ccccc2s1)NO[C@H]1CCCCO1. The smallest absolute Gasteiger partial charge is 0.244 e. The first-order valence-corrected chi connectivity index (χ1v) is 8.03. The Morgan fingerprint density at radius 3 is 3.14 bits per heavy atom. The molecular formula is C15H18N2O3S. The van der Waals surface area contributed by atoms with E-state index in [2.05, 4.69) is 10.5 Å². The zero-order valence-corrected chi connectivity index (χ0v) is 12.5. The second-order valence-electron chi connectivity index (χ2n) is 5.01. The van der Waals surface area contributed by atoms with Crippen molar-refractivity contribution in [2.45, 2.75) is 38.4 Å². The molecule has 1 aliphatic rings. The van der Waals surface area contributed by atoms with Gasteiger partial charge in [0.15, 0.2) is 6.29 Å². The Balaban J connectivity index is 1.44. The maximum atomic E-state index is 11.8.